The van der Waals surface area contributed by atoms with E-state index in [1.807, 2.05) is 19.1 Å². The third kappa shape index (κ3) is 6.10. The zero-order chi connectivity index (χ0) is 24.1. The molecule has 1 aliphatic carbocycles. The molecule has 1 saturated carbocycles. The van der Waals surface area contributed by atoms with Gasteiger partial charge in [-0.2, -0.15) is 0 Å². The lowest BCUT2D eigenvalue weighted by molar-refractivity contribution is -0.118. The number of benzene rings is 2. The number of hydrogen-bond donors (Lipinski definition) is 2. The Morgan fingerprint density at radius 1 is 0.941 bits per heavy atom. The highest BCUT2D eigenvalue weighted by atomic mass is 35.5. The van der Waals surface area contributed by atoms with E-state index >= 15 is 0 Å². The highest BCUT2D eigenvalue weighted by Crippen LogP contribution is 2.30. The molecule has 0 spiro atoms. The van der Waals surface area contributed by atoms with E-state index in [9.17, 15) is 9.59 Å². The molecule has 34 heavy (non-hydrogen) atoms. The van der Waals surface area contributed by atoms with Crippen molar-refractivity contribution in [3.63, 3.8) is 0 Å². The number of amides is 2. The number of carbonyl (C=O) groups is 2. The molecule has 0 aliphatic heterocycles. The van der Waals surface area contributed by atoms with Crippen LogP contribution < -0.4 is 10.6 Å². The molecule has 1 heterocycles. The van der Waals surface area contributed by atoms with Gasteiger partial charge in [0.1, 0.15) is 17.2 Å². The van der Waals surface area contributed by atoms with Crippen LogP contribution in [0.1, 0.15) is 53.8 Å². The minimum atomic E-state index is -0.360. The van der Waals surface area contributed by atoms with Crippen LogP contribution in [0, 0.1) is 6.92 Å². The van der Waals surface area contributed by atoms with Gasteiger partial charge in [0.15, 0.2) is 0 Å². The first-order valence-electron chi connectivity index (χ1n) is 11.3. The maximum absolute atomic E-state index is 13.1. The molecular weight excluding hydrogens is 471 g/mol. The lowest BCUT2D eigenvalue weighted by Crippen LogP contribution is -2.41. The van der Waals surface area contributed by atoms with Gasteiger partial charge >= 0.3 is 0 Å². The first-order valence-corrected chi connectivity index (χ1v) is 12.1. The van der Waals surface area contributed by atoms with Crippen molar-refractivity contribution in [2.24, 2.45) is 0 Å². The van der Waals surface area contributed by atoms with E-state index in [0.717, 1.165) is 36.8 Å². The van der Waals surface area contributed by atoms with Gasteiger partial charge in [-0.3, -0.25) is 9.59 Å². The van der Waals surface area contributed by atoms with E-state index in [4.69, 9.17) is 27.6 Å². The molecule has 0 bridgehead atoms. The Bertz CT molecular complexity index is 1210. The predicted molar refractivity (Wildman–Crippen MR) is 136 cm³/mol. The molecule has 4 rings (SSSR count). The van der Waals surface area contributed by atoms with E-state index in [-0.39, 0.29) is 23.6 Å². The maximum atomic E-state index is 13.1. The van der Waals surface area contributed by atoms with Gasteiger partial charge in [-0.1, -0.05) is 60.2 Å². The Morgan fingerprint density at radius 3 is 2.38 bits per heavy atom. The fourth-order valence-electron chi connectivity index (χ4n) is 3.95. The number of halogens is 2. The highest BCUT2D eigenvalue weighted by molar-refractivity contribution is 6.42. The summed E-state index contributed by atoms with van der Waals surface area (Å²) in [6, 6.07) is 16.0. The van der Waals surface area contributed by atoms with Gasteiger partial charge in [-0.25, -0.2) is 0 Å². The minimum absolute atomic E-state index is 0.101. The molecule has 2 amide bonds. The van der Waals surface area contributed by atoms with Crippen LogP contribution in [0.15, 0.2) is 64.7 Å². The second-order valence-electron chi connectivity index (χ2n) is 8.52. The number of hydrogen-bond acceptors (Lipinski definition) is 3. The summed E-state index contributed by atoms with van der Waals surface area (Å²) in [5.41, 5.74) is 2.41. The quantitative estimate of drug-likeness (QED) is 0.369. The summed E-state index contributed by atoms with van der Waals surface area (Å²) in [6.45, 7) is 1.95. The molecule has 1 aromatic heterocycles. The normalized spacial score (nSPS) is 14.6. The first kappa shape index (κ1) is 24.1. The number of furan rings is 1. The standard InChI is InChI=1S/C27H26Cl2N2O3/c1-17-7-9-18(10-8-17)26(32)31-24(27(33)30-20-5-3-2-4-6-20)16-21-12-14-25(34-21)19-11-13-22(28)23(29)15-19/h7-16,20H,2-6H2,1H3,(H,30,33)(H,31,32)/b24-16-. The van der Waals surface area contributed by atoms with Gasteiger partial charge < -0.3 is 15.1 Å². The Hall–Kier alpha value is -3.02. The summed E-state index contributed by atoms with van der Waals surface area (Å²) < 4.78 is 5.93. The molecule has 5 nitrogen and oxygen atoms in total. The third-order valence-corrected chi connectivity index (χ3v) is 6.60. The summed E-state index contributed by atoms with van der Waals surface area (Å²) in [5, 5.41) is 6.71. The van der Waals surface area contributed by atoms with Crippen molar-refractivity contribution in [3.8, 4) is 11.3 Å². The van der Waals surface area contributed by atoms with Gasteiger partial charge in [-0.05, 0) is 62.2 Å². The molecular formula is C27H26Cl2N2O3. The van der Waals surface area contributed by atoms with Gasteiger partial charge in [-0.15, -0.1) is 0 Å². The van der Waals surface area contributed by atoms with Crippen LogP contribution in [0.25, 0.3) is 17.4 Å². The zero-order valence-corrected chi connectivity index (χ0v) is 20.4. The topological polar surface area (TPSA) is 71.3 Å². The molecule has 2 N–H and O–H groups in total. The Morgan fingerprint density at radius 2 is 1.68 bits per heavy atom. The van der Waals surface area contributed by atoms with E-state index in [0.29, 0.717) is 27.1 Å². The van der Waals surface area contributed by atoms with E-state index < -0.39 is 0 Å². The molecule has 0 saturated heterocycles. The molecule has 176 valence electrons. The molecule has 1 aliphatic rings. The van der Waals surface area contributed by atoms with Crippen molar-refractivity contribution in [2.75, 3.05) is 0 Å². The SMILES string of the molecule is Cc1ccc(C(=O)N/C(=C\c2ccc(-c3ccc(Cl)c(Cl)c3)o2)C(=O)NC2CCCCC2)cc1. The average molecular weight is 497 g/mol. The maximum Gasteiger partial charge on any atom is 0.268 e. The fraction of sp³-hybridized carbons (Fsp3) is 0.259. The van der Waals surface area contributed by atoms with Crippen LogP contribution in [0.2, 0.25) is 10.0 Å². The number of nitrogens with one attached hydrogen (secondary N) is 2. The van der Waals surface area contributed by atoms with Crippen LogP contribution in [0.5, 0.6) is 0 Å². The second kappa shape index (κ2) is 10.9. The Balaban J connectivity index is 1.59. The molecule has 0 unspecified atom stereocenters. The summed E-state index contributed by atoms with van der Waals surface area (Å²) in [6.07, 6.45) is 6.78. The average Bonchev–Trinajstić information content (AvgIpc) is 3.30. The summed E-state index contributed by atoms with van der Waals surface area (Å²) in [5.74, 6) is 0.307. The van der Waals surface area contributed by atoms with Crippen LogP contribution in [0.4, 0.5) is 0 Å². The molecule has 0 radical (unpaired) electrons. The molecule has 7 heteroatoms. The Labute approximate surface area is 209 Å². The second-order valence-corrected chi connectivity index (χ2v) is 9.33. The van der Waals surface area contributed by atoms with Crippen LogP contribution in [-0.2, 0) is 4.79 Å². The van der Waals surface area contributed by atoms with Gasteiger partial charge in [0.25, 0.3) is 11.8 Å². The predicted octanol–water partition coefficient (Wildman–Crippen LogP) is 6.78. The van der Waals surface area contributed by atoms with Gasteiger partial charge in [0.2, 0.25) is 0 Å². The van der Waals surface area contributed by atoms with Crippen molar-refractivity contribution in [3.05, 3.63) is 87.2 Å². The van der Waals surface area contributed by atoms with Crippen molar-refractivity contribution < 1.29 is 14.0 Å². The minimum Gasteiger partial charge on any atom is -0.457 e. The van der Waals surface area contributed by atoms with E-state index in [1.165, 1.54) is 6.42 Å². The van der Waals surface area contributed by atoms with Crippen molar-refractivity contribution in [1.29, 1.82) is 0 Å². The molecule has 2 aromatic carbocycles. The van der Waals surface area contributed by atoms with Crippen molar-refractivity contribution in [1.82, 2.24) is 10.6 Å². The van der Waals surface area contributed by atoms with Crippen molar-refractivity contribution >= 4 is 41.1 Å². The lowest BCUT2D eigenvalue weighted by atomic mass is 9.95. The molecule has 1 fully saturated rings. The molecule has 0 atom stereocenters. The largest absolute Gasteiger partial charge is 0.457 e. The summed E-state index contributed by atoms with van der Waals surface area (Å²) >= 11 is 12.1. The Kier molecular flexibility index (Phi) is 7.76. The third-order valence-electron chi connectivity index (χ3n) is 5.86. The fourth-order valence-corrected chi connectivity index (χ4v) is 4.24. The number of aryl methyl sites for hydroxylation is 1. The van der Waals surface area contributed by atoms with Gasteiger partial charge in [0.05, 0.1) is 10.0 Å². The van der Waals surface area contributed by atoms with E-state index in [1.54, 1.807) is 48.5 Å². The number of carbonyl (C=O) groups excluding carboxylic acids is 2. The lowest BCUT2D eigenvalue weighted by Gasteiger charge is -2.23. The van der Waals surface area contributed by atoms with Crippen molar-refractivity contribution in [2.45, 2.75) is 45.1 Å². The van der Waals surface area contributed by atoms with E-state index in [2.05, 4.69) is 10.6 Å². The van der Waals surface area contributed by atoms with Crippen LogP contribution in [-0.4, -0.2) is 17.9 Å². The smallest absolute Gasteiger partial charge is 0.268 e. The number of rotatable bonds is 6. The molecule has 3 aromatic rings. The van der Waals surface area contributed by atoms with Crippen LogP contribution >= 0.6 is 23.2 Å². The first-order chi connectivity index (χ1) is 16.4. The van der Waals surface area contributed by atoms with Gasteiger partial charge in [0, 0.05) is 23.2 Å². The highest BCUT2D eigenvalue weighted by Gasteiger charge is 2.21. The summed E-state index contributed by atoms with van der Waals surface area (Å²) in [4.78, 5) is 26.0. The summed E-state index contributed by atoms with van der Waals surface area (Å²) in [7, 11) is 0. The van der Waals surface area contributed by atoms with Crippen LogP contribution in [0.3, 0.4) is 0 Å². The monoisotopic (exact) mass is 496 g/mol. The zero-order valence-electron chi connectivity index (χ0n) is 18.9.